The zero-order valence-electron chi connectivity index (χ0n) is 11.8. The smallest absolute Gasteiger partial charge is 0.330 e. The Balaban J connectivity index is 2.13. The molecule has 2 rings (SSSR count). The van der Waals surface area contributed by atoms with Gasteiger partial charge in [-0.1, -0.05) is 36.4 Å². The number of nitrogens with zero attached hydrogens (tertiary/aromatic N) is 1. The highest BCUT2D eigenvalue weighted by Crippen LogP contribution is 2.23. The summed E-state index contributed by atoms with van der Waals surface area (Å²) in [6, 6.07) is 10.3. The summed E-state index contributed by atoms with van der Waals surface area (Å²) in [6.07, 6.45) is 3.44. The number of esters is 1. The minimum absolute atomic E-state index is 0.0875. The normalized spacial score (nSPS) is 18.1. The average molecular weight is 275 g/mol. The molecule has 0 saturated carbocycles. The molecule has 108 valence electrons. The lowest BCUT2D eigenvalue weighted by Crippen LogP contribution is -2.38. The highest BCUT2D eigenvalue weighted by molar-refractivity contribution is 5.82. The molecule has 0 spiro atoms. The van der Waals surface area contributed by atoms with Crippen LogP contribution in [-0.4, -0.2) is 43.8 Å². The van der Waals surface area contributed by atoms with Gasteiger partial charge in [-0.25, -0.2) is 4.79 Å². The molecule has 1 aromatic rings. The third kappa shape index (κ3) is 4.18. The summed E-state index contributed by atoms with van der Waals surface area (Å²) < 4.78 is 10.3. The third-order valence-electron chi connectivity index (χ3n) is 3.28. The molecule has 1 aliphatic heterocycles. The van der Waals surface area contributed by atoms with Gasteiger partial charge in [0.2, 0.25) is 0 Å². The molecule has 4 nitrogen and oxygen atoms in total. The Morgan fingerprint density at radius 3 is 2.70 bits per heavy atom. The van der Waals surface area contributed by atoms with E-state index in [2.05, 4.69) is 17.0 Å². The van der Waals surface area contributed by atoms with E-state index < -0.39 is 0 Å². The highest BCUT2D eigenvalue weighted by Gasteiger charge is 2.20. The van der Waals surface area contributed by atoms with E-state index in [9.17, 15) is 4.79 Å². The Morgan fingerprint density at radius 1 is 1.35 bits per heavy atom. The molecule has 1 fully saturated rings. The molecule has 1 atom stereocenters. The van der Waals surface area contributed by atoms with E-state index in [0.29, 0.717) is 6.61 Å². The summed E-state index contributed by atoms with van der Waals surface area (Å²) in [4.78, 5) is 13.8. The van der Waals surface area contributed by atoms with Crippen molar-refractivity contribution in [2.24, 2.45) is 0 Å². The van der Waals surface area contributed by atoms with Gasteiger partial charge in [-0.2, -0.15) is 0 Å². The third-order valence-corrected chi connectivity index (χ3v) is 3.28. The lowest BCUT2D eigenvalue weighted by Gasteiger charge is -2.33. The van der Waals surface area contributed by atoms with Crippen molar-refractivity contribution in [1.29, 1.82) is 0 Å². The van der Waals surface area contributed by atoms with Crippen LogP contribution in [0.5, 0.6) is 0 Å². The summed E-state index contributed by atoms with van der Waals surface area (Å²) in [5, 5.41) is 0. The predicted octanol–water partition coefficient (Wildman–Crippen LogP) is 2.18. The standard InChI is InChI=1S/C16H21NO3/c1-2-20-16(18)9-8-15(14-6-4-3-5-7-14)17-10-12-19-13-11-17/h3-9,15H,2,10-13H2,1H3/b9-8+. The maximum absolute atomic E-state index is 11.5. The van der Waals surface area contributed by atoms with Crippen LogP contribution in [0.3, 0.4) is 0 Å². The van der Waals surface area contributed by atoms with Gasteiger partial charge in [-0.3, -0.25) is 4.90 Å². The van der Waals surface area contributed by atoms with Crippen LogP contribution in [0, 0.1) is 0 Å². The van der Waals surface area contributed by atoms with E-state index in [1.165, 1.54) is 11.6 Å². The molecule has 1 unspecified atom stereocenters. The van der Waals surface area contributed by atoms with E-state index in [1.807, 2.05) is 31.2 Å². The molecule has 1 heterocycles. The fourth-order valence-corrected chi connectivity index (χ4v) is 2.31. The first-order valence-electron chi connectivity index (χ1n) is 7.03. The van der Waals surface area contributed by atoms with Gasteiger partial charge in [0.1, 0.15) is 0 Å². The van der Waals surface area contributed by atoms with Crippen LogP contribution in [-0.2, 0) is 14.3 Å². The van der Waals surface area contributed by atoms with Crippen LogP contribution in [0.25, 0.3) is 0 Å². The van der Waals surface area contributed by atoms with Crippen LogP contribution in [0.1, 0.15) is 18.5 Å². The summed E-state index contributed by atoms with van der Waals surface area (Å²) in [5.41, 5.74) is 1.18. The minimum atomic E-state index is -0.290. The van der Waals surface area contributed by atoms with Gasteiger partial charge < -0.3 is 9.47 Å². The summed E-state index contributed by atoms with van der Waals surface area (Å²) in [6.45, 7) is 5.41. The minimum Gasteiger partial charge on any atom is -0.463 e. The Morgan fingerprint density at radius 2 is 2.05 bits per heavy atom. The first kappa shape index (κ1) is 14.8. The summed E-state index contributed by atoms with van der Waals surface area (Å²) >= 11 is 0. The number of hydrogen-bond donors (Lipinski definition) is 0. The van der Waals surface area contributed by atoms with E-state index in [1.54, 1.807) is 0 Å². The SMILES string of the molecule is CCOC(=O)/C=C/C(c1ccccc1)N1CCOCC1. The molecule has 0 amide bonds. The predicted molar refractivity (Wildman–Crippen MR) is 77.3 cm³/mol. The lowest BCUT2D eigenvalue weighted by molar-refractivity contribution is -0.137. The zero-order chi connectivity index (χ0) is 14.2. The van der Waals surface area contributed by atoms with Gasteiger partial charge in [0.25, 0.3) is 0 Å². The monoisotopic (exact) mass is 275 g/mol. The molecular formula is C16H21NO3. The van der Waals surface area contributed by atoms with E-state index >= 15 is 0 Å². The first-order valence-corrected chi connectivity index (χ1v) is 7.03. The number of benzene rings is 1. The number of carbonyl (C=O) groups is 1. The molecule has 0 radical (unpaired) electrons. The Labute approximate surface area is 120 Å². The number of ether oxygens (including phenoxy) is 2. The molecule has 20 heavy (non-hydrogen) atoms. The second-order valence-electron chi connectivity index (χ2n) is 4.62. The van der Waals surface area contributed by atoms with Crippen molar-refractivity contribution in [2.75, 3.05) is 32.9 Å². The molecule has 1 aromatic carbocycles. The van der Waals surface area contributed by atoms with Gasteiger partial charge in [0.15, 0.2) is 0 Å². The van der Waals surface area contributed by atoms with Crippen LogP contribution < -0.4 is 0 Å². The Hall–Kier alpha value is -1.65. The van der Waals surface area contributed by atoms with Crippen molar-refractivity contribution in [2.45, 2.75) is 13.0 Å². The topological polar surface area (TPSA) is 38.8 Å². The molecule has 0 N–H and O–H groups in total. The zero-order valence-corrected chi connectivity index (χ0v) is 11.8. The van der Waals surface area contributed by atoms with Crippen molar-refractivity contribution in [3.05, 3.63) is 48.0 Å². The highest BCUT2D eigenvalue weighted by atomic mass is 16.5. The lowest BCUT2D eigenvalue weighted by atomic mass is 10.0. The molecule has 0 aliphatic carbocycles. The Bertz CT molecular complexity index is 438. The largest absolute Gasteiger partial charge is 0.463 e. The number of morpholine rings is 1. The average Bonchev–Trinajstić information content (AvgIpc) is 2.50. The summed E-state index contributed by atoms with van der Waals surface area (Å²) in [7, 11) is 0. The van der Waals surface area contributed by atoms with Gasteiger partial charge in [-0.15, -0.1) is 0 Å². The molecule has 0 bridgehead atoms. The van der Waals surface area contributed by atoms with Crippen molar-refractivity contribution in [3.63, 3.8) is 0 Å². The number of hydrogen-bond acceptors (Lipinski definition) is 4. The van der Waals surface area contributed by atoms with E-state index in [0.717, 1.165) is 26.3 Å². The van der Waals surface area contributed by atoms with Gasteiger partial charge in [-0.05, 0) is 12.5 Å². The maximum Gasteiger partial charge on any atom is 0.330 e. The summed E-state index contributed by atoms with van der Waals surface area (Å²) in [5.74, 6) is -0.290. The van der Waals surface area contributed by atoms with Crippen LogP contribution in [0.2, 0.25) is 0 Å². The van der Waals surface area contributed by atoms with Gasteiger partial charge in [0.05, 0.1) is 25.9 Å². The Kier molecular flexibility index (Phi) is 5.77. The van der Waals surface area contributed by atoms with Crippen LogP contribution >= 0.6 is 0 Å². The number of rotatable bonds is 5. The molecule has 4 heteroatoms. The van der Waals surface area contributed by atoms with Crippen molar-refractivity contribution < 1.29 is 14.3 Å². The van der Waals surface area contributed by atoms with E-state index in [-0.39, 0.29) is 12.0 Å². The van der Waals surface area contributed by atoms with Crippen molar-refractivity contribution in [3.8, 4) is 0 Å². The van der Waals surface area contributed by atoms with Crippen LogP contribution in [0.15, 0.2) is 42.5 Å². The molecule has 0 aromatic heterocycles. The quantitative estimate of drug-likeness (QED) is 0.610. The fraction of sp³-hybridized carbons (Fsp3) is 0.438. The molecule has 1 aliphatic rings. The van der Waals surface area contributed by atoms with Crippen molar-refractivity contribution in [1.82, 2.24) is 4.90 Å². The second kappa shape index (κ2) is 7.82. The molecular weight excluding hydrogens is 254 g/mol. The molecule has 1 saturated heterocycles. The fourth-order valence-electron chi connectivity index (χ4n) is 2.31. The van der Waals surface area contributed by atoms with E-state index in [4.69, 9.17) is 9.47 Å². The maximum atomic E-state index is 11.5. The number of carbonyl (C=O) groups excluding carboxylic acids is 1. The van der Waals surface area contributed by atoms with Gasteiger partial charge in [0, 0.05) is 19.2 Å². The van der Waals surface area contributed by atoms with Gasteiger partial charge >= 0.3 is 5.97 Å². The van der Waals surface area contributed by atoms with Crippen molar-refractivity contribution >= 4 is 5.97 Å². The second-order valence-corrected chi connectivity index (χ2v) is 4.62. The van der Waals surface area contributed by atoms with Crippen LogP contribution in [0.4, 0.5) is 0 Å². The first-order chi connectivity index (χ1) is 9.81.